The molecule has 0 bridgehead atoms. The van der Waals surface area contributed by atoms with Crippen LogP contribution in [0.25, 0.3) is 0 Å². The zero-order chi connectivity index (χ0) is 15.1. The fraction of sp³-hybridized carbons (Fsp3) is 0.375. The second kappa shape index (κ2) is 5.19. The molecule has 0 saturated heterocycles. The number of ketones is 1. The van der Waals surface area contributed by atoms with Gasteiger partial charge in [0.1, 0.15) is 0 Å². The molecule has 1 saturated carbocycles. The molecule has 5 heteroatoms. The van der Waals surface area contributed by atoms with E-state index >= 15 is 0 Å². The number of halogens is 1. The molecule has 1 aliphatic carbocycles. The summed E-state index contributed by atoms with van der Waals surface area (Å²) >= 11 is 6.01. The van der Waals surface area contributed by atoms with E-state index in [2.05, 4.69) is 0 Å². The molecular weight excluding hydrogens is 288 g/mol. The van der Waals surface area contributed by atoms with E-state index < -0.39 is 0 Å². The van der Waals surface area contributed by atoms with E-state index in [0.29, 0.717) is 28.4 Å². The lowest BCUT2D eigenvalue weighted by Crippen LogP contribution is -2.40. The van der Waals surface area contributed by atoms with Crippen molar-refractivity contribution < 1.29 is 9.59 Å². The molecule has 0 atom stereocenters. The summed E-state index contributed by atoms with van der Waals surface area (Å²) in [7, 11) is 3.72. The first-order chi connectivity index (χ1) is 9.97. The van der Waals surface area contributed by atoms with Gasteiger partial charge in [0, 0.05) is 42.4 Å². The monoisotopic (exact) mass is 304 g/mol. The van der Waals surface area contributed by atoms with Gasteiger partial charge in [-0.15, -0.1) is 0 Å². The summed E-state index contributed by atoms with van der Waals surface area (Å²) in [6.45, 7) is 0.334. The molecule has 3 rings (SSSR count). The molecule has 0 N–H and O–H groups in total. The van der Waals surface area contributed by atoms with Crippen LogP contribution >= 0.6 is 11.6 Å². The van der Waals surface area contributed by atoms with Crippen LogP contribution in [0.3, 0.4) is 0 Å². The predicted molar refractivity (Wildman–Crippen MR) is 82.6 cm³/mol. The van der Waals surface area contributed by atoms with Crippen molar-refractivity contribution in [3.8, 4) is 0 Å². The highest BCUT2D eigenvalue weighted by atomic mass is 35.5. The van der Waals surface area contributed by atoms with Crippen molar-refractivity contribution in [1.82, 2.24) is 4.90 Å². The Morgan fingerprint density at radius 2 is 2.10 bits per heavy atom. The zero-order valence-electron chi connectivity index (χ0n) is 12.1. The van der Waals surface area contributed by atoms with Crippen LogP contribution in [0.5, 0.6) is 0 Å². The summed E-state index contributed by atoms with van der Waals surface area (Å²) in [5.41, 5.74) is 1.80. The Bertz CT molecular complexity index is 648. The average Bonchev–Trinajstić information content (AvgIpc) is 3.25. The fourth-order valence-corrected chi connectivity index (χ4v) is 2.76. The molecule has 1 fully saturated rings. The Labute approximate surface area is 129 Å². The molecule has 0 radical (unpaired) electrons. The number of amides is 1. The van der Waals surface area contributed by atoms with Crippen molar-refractivity contribution in [1.29, 1.82) is 0 Å². The number of rotatable bonds is 2. The van der Waals surface area contributed by atoms with E-state index in [1.54, 1.807) is 29.3 Å². The van der Waals surface area contributed by atoms with Crippen molar-refractivity contribution >= 4 is 29.0 Å². The molecule has 1 heterocycles. The van der Waals surface area contributed by atoms with Gasteiger partial charge in [-0.1, -0.05) is 11.6 Å². The van der Waals surface area contributed by atoms with Crippen LogP contribution in [-0.2, 0) is 4.79 Å². The van der Waals surface area contributed by atoms with E-state index in [1.165, 1.54) is 0 Å². The third-order valence-corrected chi connectivity index (χ3v) is 3.96. The molecule has 1 aromatic rings. The highest BCUT2D eigenvalue weighted by Gasteiger charge is 2.38. The summed E-state index contributed by atoms with van der Waals surface area (Å²) in [5.74, 6) is 0.166. The second-order valence-corrected chi connectivity index (χ2v) is 6.24. The number of nitrogens with zero attached hydrogens (tertiary/aromatic N) is 2. The van der Waals surface area contributed by atoms with Crippen molar-refractivity contribution in [3.05, 3.63) is 40.6 Å². The van der Waals surface area contributed by atoms with Gasteiger partial charge in [0.25, 0.3) is 0 Å². The van der Waals surface area contributed by atoms with Crippen LogP contribution in [0.4, 0.5) is 5.69 Å². The van der Waals surface area contributed by atoms with Crippen LogP contribution in [0.15, 0.2) is 30.0 Å². The first kappa shape index (κ1) is 14.1. The summed E-state index contributed by atoms with van der Waals surface area (Å²) in [6, 6.07) is 5.14. The number of Topliss-reactive ketones (excluding diaryl/α,β-unsaturated/α-hetero) is 1. The van der Waals surface area contributed by atoms with E-state index in [9.17, 15) is 9.59 Å². The topological polar surface area (TPSA) is 40.6 Å². The number of hydrogen-bond donors (Lipinski definition) is 0. The summed E-state index contributed by atoms with van der Waals surface area (Å²) < 4.78 is 0. The van der Waals surface area contributed by atoms with E-state index in [0.717, 1.165) is 12.8 Å². The summed E-state index contributed by atoms with van der Waals surface area (Å²) in [6.07, 6.45) is 3.66. The highest BCUT2D eigenvalue weighted by Crippen LogP contribution is 2.37. The summed E-state index contributed by atoms with van der Waals surface area (Å²) in [4.78, 5) is 28.6. The maximum atomic E-state index is 12.6. The third kappa shape index (κ3) is 2.68. The van der Waals surface area contributed by atoms with Gasteiger partial charge in [-0.25, -0.2) is 0 Å². The average molecular weight is 305 g/mol. The maximum Gasteiger partial charge on any atom is 0.230 e. The van der Waals surface area contributed by atoms with Crippen molar-refractivity contribution in [3.63, 3.8) is 0 Å². The first-order valence-electron chi connectivity index (χ1n) is 7.00. The van der Waals surface area contributed by atoms with Gasteiger partial charge in [-0.3, -0.25) is 9.59 Å². The molecule has 2 aliphatic rings. The Morgan fingerprint density at radius 3 is 2.71 bits per heavy atom. The van der Waals surface area contributed by atoms with Gasteiger partial charge in [0.05, 0.1) is 12.2 Å². The number of carbonyl (C=O) groups excluding carboxylic acids is 2. The van der Waals surface area contributed by atoms with Gasteiger partial charge in [-0.2, -0.15) is 0 Å². The van der Waals surface area contributed by atoms with Gasteiger partial charge < -0.3 is 9.80 Å². The van der Waals surface area contributed by atoms with Crippen molar-refractivity contribution in [2.75, 3.05) is 25.5 Å². The fourth-order valence-electron chi connectivity index (χ4n) is 2.58. The predicted octanol–water partition coefficient (Wildman–Crippen LogP) is 2.72. The number of carbonyl (C=O) groups is 2. The lowest BCUT2D eigenvalue weighted by Gasteiger charge is -2.31. The van der Waals surface area contributed by atoms with Crippen LogP contribution in [0.2, 0.25) is 5.02 Å². The van der Waals surface area contributed by atoms with Gasteiger partial charge >= 0.3 is 0 Å². The number of benzene rings is 1. The minimum absolute atomic E-state index is 0.0546. The molecule has 4 nitrogen and oxygen atoms in total. The molecule has 0 spiro atoms. The molecular formula is C16H17ClN2O2. The van der Waals surface area contributed by atoms with E-state index in [4.69, 9.17) is 11.6 Å². The van der Waals surface area contributed by atoms with Crippen molar-refractivity contribution in [2.45, 2.75) is 12.8 Å². The lowest BCUT2D eigenvalue weighted by atomic mass is 9.96. The van der Waals surface area contributed by atoms with Gasteiger partial charge in [0.15, 0.2) is 5.78 Å². The molecule has 0 aromatic heterocycles. The SMILES string of the molecule is CN(C)C=C1CN(C(=O)C2CC2)c2ccc(Cl)cc2C1=O. The standard InChI is InChI=1S/C16H17ClN2O2/c1-18(2)8-11-9-19(16(21)10-3-4-10)14-6-5-12(17)7-13(14)15(11)20/h5-8,10H,3-4,9H2,1-2H3. The van der Waals surface area contributed by atoms with E-state index in [-0.39, 0.29) is 17.6 Å². The lowest BCUT2D eigenvalue weighted by molar-refractivity contribution is -0.119. The summed E-state index contributed by atoms with van der Waals surface area (Å²) in [5, 5.41) is 0.507. The smallest absolute Gasteiger partial charge is 0.230 e. The minimum Gasteiger partial charge on any atom is -0.383 e. The van der Waals surface area contributed by atoms with Gasteiger partial charge in [0.2, 0.25) is 5.91 Å². The number of fused-ring (bicyclic) bond motifs is 1. The van der Waals surface area contributed by atoms with Crippen LogP contribution in [-0.4, -0.2) is 37.2 Å². The van der Waals surface area contributed by atoms with Crippen LogP contribution < -0.4 is 4.90 Å². The number of hydrogen-bond acceptors (Lipinski definition) is 3. The zero-order valence-corrected chi connectivity index (χ0v) is 12.9. The van der Waals surface area contributed by atoms with Crippen LogP contribution in [0, 0.1) is 5.92 Å². The third-order valence-electron chi connectivity index (χ3n) is 3.72. The Balaban J connectivity index is 2.07. The first-order valence-corrected chi connectivity index (χ1v) is 7.38. The minimum atomic E-state index is -0.0546. The Morgan fingerprint density at radius 1 is 1.38 bits per heavy atom. The molecule has 1 aromatic carbocycles. The molecule has 1 amide bonds. The molecule has 0 unspecified atom stereocenters. The largest absolute Gasteiger partial charge is 0.383 e. The van der Waals surface area contributed by atoms with Crippen LogP contribution in [0.1, 0.15) is 23.2 Å². The Kier molecular flexibility index (Phi) is 3.49. The normalized spacial score (nSPS) is 19.7. The highest BCUT2D eigenvalue weighted by molar-refractivity contribution is 6.31. The van der Waals surface area contributed by atoms with Gasteiger partial charge in [-0.05, 0) is 31.0 Å². The number of anilines is 1. The van der Waals surface area contributed by atoms with Crippen molar-refractivity contribution in [2.24, 2.45) is 5.92 Å². The molecule has 1 aliphatic heterocycles. The molecule has 21 heavy (non-hydrogen) atoms. The Hall–Kier alpha value is -1.81. The second-order valence-electron chi connectivity index (χ2n) is 5.81. The maximum absolute atomic E-state index is 12.6. The van der Waals surface area contributed by atoms with E-state index in [1.807, 2.05) is 19.0 Å². The quantitative estimate of drug-likeness (QED) is 0.789. The molecule has 110 valence electrons.